The number of phenolic OH excluding ortho intramolecular Hbond substituents is 1. The zero-order chi connectivity index (χ0) is 23.8. The number of aromatic hydroxyl groups is 1. The maximum Gasteiger partial charge on any atom is 0.255 e. The minimum atomic E-state index is -0.200. The van der Waals surface area contributed by atoms with Gasteiger partial charge < -0.3 is 10.1 Å². The lowest BCUT2D eigenvalue weighted by Crippen LogP contribution is -2.28. The molecule has 1 aliphatic heterocycles. The summed E-state index contributed by atoms with van der Waals surface area (Å²) in [6, 6.07) is 28.4. The van der Waals surface area contributed by atoms with Gasteiger partial charge in [0.05, 0.1) is 5.39 Å². The lowest BCUT2D eigenvalue weighted by atomic mass is 9.92. The fourth-order valence-corrected chi connectivity index (χ4v) is 5.26. The number of hydrogen-bond acceptors (Lipinski definition) is 3. The molecule has 0 saturated carbocycles. The lowest BCUT2D eigenvalue weighted by molar-refractivity contribution is 0.295. The summed E-state index contributed by atoms with van der Waals surface area (Å²) in [5.41, 5.74) is 5.64. The highest BCUT2D eigenvalue weighted by Gasteiger charge is 2.17. The number of pyridine rings is 1. The van der Waals surface area contributed by atoms with Crippen molar-refractivity contribution < 1.29 is 5.11 Å². The second-order valence-corrected chi connectivity index (χ2v) is 9.13. The summed E-state index contributed by atoms with van der Waals surface area (Å²) < 4.78 is 0. The van der Waals surface area contributed by atoms with Gasteiger partial charge in [-0.1, -0.05) is 78.9 Å². The van der Waals surface area contributed by atoms with Gasteiger partial charge in [0.15, 0.2) is 0 Å². The normalized spacial score (nSPS) is 14.3. The number of nitrogens with zero attached hydrogens (tertiary/aromatic N) is 1. The van der Waals surface area contributed by atoms with Crippen molar-refractivity contribution in [1.29, 1.82) is 0 Å². The summed E-state index contributed by atoms with van der Waals surface area (Å²) in [6.45, 7) is 2.82. The molecule has 0 unspecified atom stereocenters. The SMILES string of the molecule is O=c1[nH]cc(-c2ccc(CN3CC=C(c4ccccc4)CC3)c3ccccc23)c2c(O)cccc12. The number of phenols is 1. The van der Waals surface area contributed by atoms with Gasteiger partial charge in [-0.3, -0.25) is 9.69 Å². The maximum atomic E-state index is 12.4. The first kappa shape index (κ1) is 21.4. The van der Waals surface area contributed by atoms with E-state index in [1.807, 2.05) is 6.07 Å². The highest BCUT2D eigenvalue weighted by molar-refractivity contribution is 6.07. The van der Waals surface area contributed by atoms with Crippen LogP contribution in [0.25, 0.3) is 38.2 Å². The van der Waals surface area contributed by atoms with E-state index in [1.165, 1.54) is 22.1 Å². The highest BCUT2D eigenvalue weighted by atomic mass is 16.3. The molecule has 4 aromatic carbocycles. The minimum Gasteiger partial charge on any atom is -0.507 e. The first-order chi connectivity index (χ1) is 17.2. The van der Waals surface area contributed by atoms with Gasteiger partial charge in [-0.2, -0.15) is 0 Å². The lowest BCUT2D eigenvalue weighted by Gasteiger charge is -2.27. The summed E-state index contributed by atoms with van der Waals surface area (Å²) >= 11 is 0. The number of nitrogens with one attached hydrogen (secondary N) is 1. The van der Waals surface area contributed by atoms with Gasteiger partial charge in [0.2, 0.25) is 0 Å². The summed E-state index contributed by atoms with van der Waals surface area (Å²) in [6.07, 6.45) is 5.11. The summed E-state index contributed by atoms with van der Waals surface area (Å²) in [5, 5.41) is 14.0. The smallest absolute Gasteiger partial charge is 0.255 e. The summed E-state index contributed by atoms with van der Waals surface area (Å²) in [5.74, 6) is 0.117. The Kier molecular flexibility index (Phi) is 5.44. The van der Waals surface area contributed by atoms with Crippen LogP contribution in [-0.2, 0) is 6.54 Å². The Balaban J connectivity index is 1.37. The van der Waals surface area contributed by atoms with E-state index in [2.05, 4.69) is 76.6 Å². The van der Waals surface area contributed by atoms with Crippen molar-refractivity contribution in [2.24, 2.45) is 0 Å². The van der Waals surface area contributed by atoms with Gasteiger partial charge in [0.25, 0.3) is 5.56 Å². The van der Waals surface area contributed by atoms with Gasteiger partial charge in [0.1, 0.15) is 5.75 Å². The molecule has 0 bridgehead atoms. The minimum absolute atomic E-state index is 0.117. The third kappa shape index (κ3) is 3.92. The van der Waals surface area contributed by atoms with Crippen LogP contribution in [0.3, 0.4) is 0 Å². The second kappa shape index (κ2) is 8.90. The average molecular weight is 459 g/mol. The van der Waals surface area contributed by atoms with E-state index in [9.17, 15) is 9.90 Å². The molecule has 0 atom stereocenters. The molecule has 0 amide bonds. The molecule has 35 heavy (non-hydrogen) atoms. The molecule has 0 radical (unpaired) electrons. The number of rotatable bonds is 4. The van der Waals surface area contributed by atoms with Crippen LogP contribution in [-0.4, -0.2) is 28.1 Å². The van der Waals surface area contributed by atoms with Crippen molar-refractivity contribution in [3.05, 3.63) is 119 Å². The number of aromatic nitrogens is 1. The van der Waals surface area contributed by atoms with Gasteiger partial charge in [-0.15, -0.1) is 0 Å². The third-order valence-corrected chi connectivity index (χ3v) is 7.04. The van der Waals surface area contributed by atoms with Crippen molar-refractivity contribution in [2.75, 3.05) is 13.1 Å². The molecular weight excluding hydrogens is 432 g/mol. The molecule has 1 aliphatic rings. The number of aromatic amines is 1. The van der Waals surface area contributed by atoms with Crippen LogP contribution in [0.5, 0.6) is 5.75 Å². The molecule has 4 heteroatoms. The monoisotopic (exact) mass is 458 g/mol. The number of fused-ring (bicyclic) bond motifs is 2. The Hall–Kier alpha value is -4.15. The Morgan fingerprint density at radius 3 is 2.37 bits per heavy atom. The molecule has 4 nitrogen and oxygen atoms in total. The predicted molar refractivity (Wildman–Crippen MR) is 143 cm³/mol. The van der Waals surface area contributed by atoms with Crippen molar-refractivity contribution in [3.8, 4) is 16.9 Å². The first-order valence-corrected chi connectivity index (χ1v) is 12.0. The topological polar surface area (TPSA) is 56.3 Å². The summed E-state index contributed by atoms with van der Waals surface area (Å²) in [4.78, 5) is 17.7. The Labute approximate surface area is 203 Å². The maximum absolute atomic E-state index is 12.4. The van der Waals surface area contributed by atoms with Crippen LogP contribution in [0, 0.1) is 0 Å². The zero-order valence-corrected chi connectivity index (χ0v) is 19.4. The number of H-pyrrole nitrogens is 1. The molecule has 5 aromatic rings. The largest absolute Gasteiger partial charge is 0.507 e. The van der Waals surface area contributed by atoms with Crippen molar-refractivity contribution in [2.45, 2.75) is 13.0 Å². The molecular formula is C31H26N2O2. The van der Waals surface area contributed by atoms with Crippen LogP contribution in [0.15, 0.2) is 102 Å². The van der Waals surface area contributed by atoms with E-state index in [0.29, 0.717) is 10.8 Å². The van der Waals surface area contributed by atoms with Gasteiger partial charge >= 0.3 is 0 Å². The number of hydrogen-bond donors (Lipinski definition) is 2. The summed E-state index contributed by atoms with van der Waals surface area (Å²) in [7, 11) is 0. The molecule has 6 rings (SSSR count). The highest BCUT2D eigenvalue weighted by Crippen LogP contribution is 2.37. The van der Waals surface area contributed by atoms with Crippen LogP contribution in [0.1, 0.15) is 17.5 Å². The van der Waals surface area contributed by atoms with Crippen molar-refractivity contribution in [3.63, 3.8) is 0 Å². The molecule has 172 valence electrons. The Bertz CT molecular complexity index is 1630. The molecule has 0 spiro atoms. The zero-order valence-electron chi connectivity index (χ0n) is 19.4. The van der Waals surface area contributed by atoms with Crippen LogP contribution < -0.4 is 5.56 Å². The van der Waals surface area contributed by atoms with Crippen molar-refractivity contribution in [1.82, 2.24) is 9.88 Å². The van der Waals surface area contributed by atoms with E-state index in [4.69, 9.17) is 0 Å². The molecule has 0 aliphatic carbocycles. The molecule has 0 saturated heterocycles. The molecule has 1 aromatic heterocycles. The van der Waals surface area contributed by atoms with E-state index < -0.39 is 0 Å². The Morgan fingerprint density at radius 2 is 1.57 bits per heavy atom. The molecule has 2 N–H and O–H groups in total. The Morgan fingerprint density at radius 1 is 0.800 bits per heavy atom. The van der Waals surface area contributed by atoms with Gasteiger partial charge in [-0.25, -0.2) is 0 Å². The van der Waals surface area contributed by atoms with Crippen LogP contribution >= 0.6 is 0 Å². The van der Waals surface area contributed by atoms with Gasteiger partial charge in [0, 0.05) is 36.8 Å². The standard InChI is InChI=1S/C31H26N2O2/c34-29-12-6-11-27-30(29)28(19-32-31(27)35)26-14-13-23(24-9-4-5-10-25(24)26)20-33-17-15-22(16-18-33)21-7-2-1-3-8-21/h1-15,19,34H,16-18,20H2,(H,32,35). The fourth-order valence-electron chi connectivity index (χ4n) is 5.26. The molecule has 2 heterocycles. The third-order valence-electron chi connectivity index (χ3n) is 7.04. The first-order valence-electron chi connectivity index (χ1n) is 12.0. The van der Waals surface area contributed by atoms with Crippen molar-refractivity contribution >= 4 is 27.1 Å². The van der Waals surface area contributed by atoms with Gasteiger partial charge in [-0.05, 0) is 51.6 Å². The van der Waals surface area contributed by atoms with E-state index >= 15 is 0 Å². The van der Waals surface area contributed by atoms with Crippen LogP contribution in [0.2, 0.25) is 0 Å². The fraction of sp³-hybridized carbons (Fsp3) is 0.129. The average Bonchev–Trinajstić information content (AvgIpc) is 2.91. The van der Waals surface area contributed by atoms with E-state index in [-0.39, 0.29) is 11.3 Å². The second-order valence-electron chi connectivity index (χ2n) is 9.13. The van der Waals surface area contributed by atoms with E-state index in [0.717, 1.165) is 42.6 Å². The molecule has 0 fully saturated rings. The predicted octanol–water partition coefficient (Wildman–Crippen LogP) is 6.34. The quantitative estimate of drug-likeness (QED) is 0.330. The van der Waals surface area contributed by atoms with E-state index in [1.54, 1.807) is 24.4 Å². The number of benzene rings is 4. The van der Waals surface area contributed by atoms with Crippen LogP contribution in [0.4, 0.5) is 0 Å².